The lowest BCUT2D eigenvalue weighted by molar-refractivity contribution is 0.266. The quantitative estimate of drug-likeness (QED) is 0.884. The summed E-state index contributed by atoms with van der Waals surface area (Å²) in [6.45, 7) is 10.4. The molecule has 0 saturated carbocycles. The van der Waals surface area contributed by atoms with Gasteiger partial charge in [0.15, 0.2) is 0 Å². The lowest BCUT2D eigenvalue weighted by Crippen LogP contribution is -2.33. The number of rotatable bonds is 4. The molecule has 1 unspecified atom stereocenters. The van der Waals surface area contributed by atoms with Crippen LogP contribution in [0.3, 0.4) is 0 Å². The molecule has 5 heteroatoms. The Labute approximate surface area is 121 Å². The molecule has 112 valence electrons. The zero-order valence-electron chi connectivity index (χ0n) is 13.0. The van der Waals surface area contributed by atoms with Crippen LogP contribution in [0.15, 0.2) is 6.07 Å². The smallest absolute Gasteiger partial charge is 0.138 e. The fraction of sp³-hybridized carbons (Fsp3) is 0.733. The molecule has 1 saturated heterocycles. The maximum Gasteiger partial charge on any atom is 0.138 e. The predicted octanol–water partition coefficient (Wildman–Crippen LogP) is 2.17. The average Bonchev–Trinajstić information content (AvgIpc) is 2.86. The van der Waals surface area contributed by atoms with Gasteiger partial charge in [0.05, 0.1) is 12.6 Å². The van der Waals surface area contributed by atoms with Crippen LogP contribution in [-0.2, 0) is 5.41 Å². The summed E-state index contributed by atoms with van der Waals surface area (Å²) < 4.78 is 0. The first-order valence-electron chi connectivity index (χ1n) is 7.46. The van der Waals surface area contributed by atoms with Crippen LogP contribution in [0.4, 0.5) is 11.6 Å². The number of hydrogen-bond donors (Lipinski definition) is 2. The van der Waals surface area contributed by atoms with Crippen LogP contribution in [0.1, 0.15) is 46.4 Å². The van der Waals surface area contributed by atoms with E-state index >= 15 is 0 Å². The number of aliphatic hydroxyl groups excluding tert-OH is 1. The van der Waals surface area contributed by atoms with Crippen LogP contribution < -0.4 is 10.2 Å². The molecule has 2 rings (SSSR count). The summed E-state index contributed by atoms with van der Waals surface area (Å²) in [7, 11) is 0. The van der Waals surface area contributed by atoms with Gasteiger partial charge in [0.2, 0.25) is 0 Å². The Balaban J connectivity index is 2.38. The molecule has 0 bridgehead atoms. The molecule has 1 aliphatic rings. The highest BCUT2D eigenvalue weighted by atomic mass is 16.3. The lowest BCUT2D eigenvalue weighted by atomic mass is 9.96. The van der Waals surface area contributed by atoms with Gasteiger partial charge in [-0.3, -0.25) is 0 Å². The van der Waals surface area contributed by atoms with Crippen LogP contribution >= 0.6 is 0 Å². The molecule has 0 aromatic carbocycles. The molecule has 2 heterocycles. The first-order valence-corrected chi connectivity index (χ1v) is 7.46. The van der Waals surface area contributed by atoms with E-state index in [-0.39, 0.29) is 18.1 Å². The third-order valence-corrected chi connectivity index (χ3v) is 3.62. The molecule has 0 radical (unpaired) electrons. The number of anilines is 2. The van der Waals surface area contributed by atoms with Gasteiger partial charge in [-0.25, -0.2) is 9.97 Å². The first-order chi connectivity index (χ1) is 9.45. The Bertz CT molecular complexity index is 456. The fourth-order valence-corrected chi connectivity index (χ4v) is 2.52. The van der Waals surface area contributed by atoms with Gasteiger partial charge in [-0.15, -0.1) is 0 Å². The van der Waals surface area contributed by atoms with E-state index in [0.717, 1.165) is 43.4 Å². The largest absolute Gasteiger partial charge is 0.394 e. The van der Waals surface area contributed by atoms with Crippen molar-refractivity contribution in [1.29, 1.82) is 0 Å². The van der Waals surface area contributed by atoms with Crippen molar-refractivity contribution >= 4 is 11.6 Å². The van der Waals surface area contributed by atoms with Crippen molar-refractivity contribution in [1.82, 2.24) is 9.97 Å². The van der Waals surface area contributed by atoms with Crippen molar-refractivity contribution in [2.45, 2.75) is 52.0 Å². The maximum absolute atomic E-state index is 9.50. The van der Waals surface area contributed by atoms with Gasteiger partial charge >= 0.3 is 0 Å². The Morgan fingerprint density at radius 3 is 2.75 bits per heavy atom. The third-order valence-electron chi connectivity index (χ3n) is 3.62. The Kier molecular flexibility index (Phi) is 4.48. The Morgan fingerprint density at radius 1 is 1.40 bits per heavy atom. The minimum atomic E-state index is -0.0887. The second-order valence-electron chi connectivity index (χ2n) is 6.39. The zero-order chi connectivity index (χ0) is 14.8. The molecule has 1 aromatic heterocycles. The molecule has 0 aliphatic carbocycles. The SMILES string of the molecule is CCNc1cc(N2CCCC2CO)nc(C(C)(C)C)n1. The summed E-state index contributed by atoms with van der Waals surface area (Å²) in [6.07, 6.45) is 2.14. The average molecular weight is 278 g/mol. The monoisotopic (exact) mass is 278 g/mol. The molecule has 0 spiro atoms. The number of aromatic nitrogens is 2. The van der Waals surface area contributed by atoms with Crippen LogP contribution in [0.25, 0.3) is 0 Å². The van der Waals surface area contributed by atoms with E-state index in [1.165, 1.54) is 0 Å². The van der Waals surface area contributed by atoms with E-state index in [2.05, 4.69) is 42.9 Å². The number of hydrogen-bond acceptors (Lipinski definition) is 5. The standard InChI is InChI=1S/C15H26N4O/c1-5-16-12-9-13(18-14(17-12)15(2,3)4)19-8-6-7-11(19)10-20/h9,11,20H,5-8,10H2,1-4H3,(H,16,17,18). The van der Waals surface area contributed by atoms with E-state index in [9.17, 15) is 5.11 Å². The van der Waals surface area contributed by atoms with Crippen LogP contribution in [0.5, 0.6) is 0 Å². The van der Waals surface area contributed by atoms with Gasteiger partial charge < -0.3 is 15.3 Å². The summed E-state index contributed by atoms with van der Waals surface area (Å²) in [6, 6.07) is 2.18. The van der Waals surface area contributed by atoms with Crippen LogP contribution in [-0.4, -0.2) is 40.8 Å². The Morgan fingerprint density at radius 2 is 2.15 bits per heavy atom. The second kappa shape index (κ2) is 5.95. The molecule has 1 aromatic rings. The van der Waals surface area contributed by atoms with E-state index in [4.69, 9.17) is 4.98 Å². The predicted molar refractivity (Wildman–Crippen MR) is 82.3 cm³/mol. The van der Waals surface area contributed by atoms with Crippen molar-refractivity contribution in [2.24, 2.45) is 0 Å². The number of aliphatic hydroxyl groups is 1. The highest BCUT2D eigenvalue weighted by molar-refractivity contribution is 5.51. The van der Waals surface area contributed by atoms with Crippen molar-refractivity contribution in [3.63, 3.8) is 0 Å². The fourth-order valence-electron chi connectivity index (χ4n) is 2.52. The summed E-state index contributed by atoms with van der Waals surface area (Å²) in [5, 5.41) is 12.8. The van der Waals surface area contributed by atoms with Gasteiger partial charge in [0, 0.05) is 24.6 Å². The first kappa shape index (κ1) is 15.0. The van der Waals surface area contributed by atoms with Crippen molar-refractivity contribution in [3.05, 3.63) is 11.9 Å². The van der Waals surface area contributed by atoms with Crippen LogP contribution in [0, 0.1) is 0 Å². The van der Waals surface area contributed by atoms with Gasteiger partial charge in [0.1, 0.15) is 17.5 Å². The summed E-state index contributed by atoms with van der Waals surface area (Å²) >= 11 is 0. The molecule has 0 amide bonds. The summed E-state index contributed by atoms with van der Waals surface area (Å²) in [5.74, 6) is 2.64. The minimum absolute atomic E-state index is 0.0887. The van der Waals surface area contributed by atoms with Crippen LogP contribution in [0.2, 0.25) is 0 Å². The number of nitrogens with zero attached hydrogens (tertiary/aromatic N) is 3. The maximum atomic E-state index is 9.50. The molecule has 1 aliphatic heterocycles. The number of nitrogens with one attached hydrogen (secondary N) is 1. The summed E-state index contributed by atoms with van der Waals surface area (Å²) in [4.78, 5) is 11.5. The summed E-state index contributed by atoms with van der Waals surface area (Å²) in [5.41, 5.74) is -0.0887. The Hall–Kier alpha value is -1.36. The van der Waals surface area contributed by atoms with Gasteiger partial charge in [-0.1, -0.05) is 20.8 Å². The van der Waals surface area contributed by atoms with E-state index in [1.807, 2.05) is 6.07 Å². The van der Waals surface area contributed by atoms with E-state index in [0.29, 0.717) is 0 Å². The molecule has 2 N–H and O–H groups in total. The van der Waals surface area contributed by atoms with Crippen molar-refractivity contribution < 1.29 is 5.11 Å². The highest BCUT2D eigenvalue weighted by Gasteiger charge is 2.27. The van der Waals surface area contributed by atoms with Crippen molar-refractivity contribution in [2.75, 3.05) is 29.9 Å². The normalized spacial score (nSPS) is 19.4. The zero-order valence-corrected chi connectivity index (χ0v) is 13.0. The second-order valence-corrected chi connectivity index (χ2v) is 6.39. The lowest BCUT2D eigenvalue weighted by Gasteiger charge is -2.27. The molecule has 1 atom stereocenters. The minimum Gasteiger partial charge on any atom is -0.394 e. The molecule has 20 heavy (non-hydrogen) atoms. The third kappa shape index (κ3) is 3.20. The van der Waals surface area contributed by atoms with Gasteiger partial charge in [-0.2, -0.15) is 0 Å². The van der Waals surface area contributed by atoms with E-state index in [1.54, 1.807) is 0 Å². The topological polar surface area (TPSA) is 61.3 Å². The molecule has 1 fully saturated rings. The molecule has 5 nitrogen and oxygen atoms in total. The van der Waals surface area contributed by atoms with Crippen molar-refractivity contribution in [3.8, 4) is 0 Å². The highest BCUT2D eigenvalue weighted by Crippen LogP contribution is 2.28. The van der Waals surface area contributed by atoms with Gasteiger partial charge in [-0.05, 0) is 19.8 Å². The molecular weight excluding hydrogens is 252 g/mol. The van der Waals surface area contributed by atoms with E-state index < -0.39 is 0 Å². The molecular formula is C15H26N4O. The van der Waals surface area contributed by atoms with Gasteiger partial charge in [0.25, 0.3) is 0 Å².